The first kappa shape index (κ1) is 17.7. The van der Waals surface area contributed by atoms with Gasteiger partial charge in [-0.25, -0.2) is 4.98 Å². The predicted octanol–water partition coefficient (Wildman–Crippen LogP) is 3.32. The van der Waals surface area contributed by atoms with Crippen LogP contribution in [0.2, 0.25) is 0 Å². The quantitative estimate of drug-likeness (QED) is 0.764. The lowest BCUT2D eigenvalue weighted by Crippen LogP contribution is -2.35. The van der Waals surface area contributed by atoms with Crippen LogP contribution in [0.15, 0.2) is 24.3 Å². The normalized spacial score (nSPS) is 15.7. The van der Waals surface area contributed by atoms with Crippen LogP contribution in [0.1, 0.15) is 50.2 Å². The molecule has 142 valence electrons. The molecule has 2 aromatic heterocycles. The molecule has 0 radical (unpaired) electrons. The van der Waals surface area contributed by atoms with Gasteiger partial charge >= 0.3 is 0 Å². The minimum atomic E-state index is 0.276. The Morgan fingerprint density at radius 3 is 2.44 bits per heavy atom. The largest absolute Gasteiger partial charge is 0.347 e. The number of hydrogen-bond acceptors (Lipinski definition) is 6. The number of rotatable bonds is 4. The van der Waals surface area contributed by atoms with E-state index in [1.165, 1.54) is 0 Å². The summed E-state index contributed by atoms with van der Waals surface area (Å²) in [5, 5.41) is 0. The number of piperidine rings is 1. The molecule has 1 aliphatic rings. The molecule has 0 atom stereocenters. The van der Waals surface area contributed by atoms with Crippen LogP contribution < -0.4 is 9.80 Å². The van der Waals surface area contributed by atoms with Crippen LogP contribution in [0.4, 0.5) is 11.9 Å². The Morgan fingerprint density at radius 1 is 1.04 bits per heavy atom. The highest BCUT2D eigenvalue weighted by Gasteiger charge is 2.25. The molecule has 0 spiro atoms. The molecule has 4 rings (SSSR count). The van der Waals surface area contributed by atoms with Gasteiger partial charge in [-0.2, -0.15) is 15.0 Å². The second kappa shape index (κ2) is 7.13. The molecule has 3 aromatic rings. The molecule has 0 amide bonds. The first-order valence-corrected chi connectivity index (χ1v) is 9.64. The molecule has 1 aliphatic heterocycles. The summed E-state index contributed by atoms with van der Waals surface area (Å²) in [5.41, 5.74) is 2.16. The maximum Gasteiger partial charge on any atom is 0.230 e. The molecule has 7 nitrogen and oxygen atoms in total. The molecule has 7 heteroatoms. The summed E-state index contributed by atoms with van der Waals surface area (Å²) in [6.07, 6.45) is 2.08. The minimum absolute atomic E-state index is 0.276. The van der Waals surface area contributed by atoms with Crippen molar-refractivity contribution in [3.8, 4) is 0 Å². The van der Waals surface area contributed by atoms with Gasteiger partial charge in [0.2, 0.25) is 11.9 Å². The van der Waals surface area contributed by atoms with E-state index in [2.05, 4.69) is 45.8 Å². The Kier molecular flexibility index (Phi) is 4.68. The van der Waals surface area contributed by atoms with Crippen LogP contribution in [-0.4, -0.2) is 52.1 Å². The van der Waals surface area contributed by atoms with E-state index in [9.17, 15) is 0 Å². The molecule has 0 bridgehead atoms. The minimum Gasteiger partial charge on any atom is -0.347 e. The molecule has 0 aliphatic carbocycles. The van der Waals surface area contributed by atoms with E-state index in [0.29, 0.717) is 5.92 Å². The highest BCUT2D eigenvalue weighted by atomic mass is 15.3. The number of aromatic nitrogens is 5. The number of benzene rings is 1. The Bertz CT molecular complexity index is 864. The molecular formula is C20H27N7. The first-order valence-electron chi connectivity index (χ1n) is 9.64. The van der Waals surface area contributed by atoms with E-state index >= 15 is 0 Å². The van der Waals surface area contributed by atoms with E-state index in [0.717, 1.165) is 60.5 Å². The molecule has 0 unspecified atom stereocenters. The van der Waals surface area contributed by atoms with Crippen molar-refractivity contribution in [1.29, 1.82) is 0 Å². The van der Waals surface area contributed by atoms with Gasteiger partial charge in [-0.3, -0.25) is 0 Å². The smallest absolute Gasteiger partial charge is 0.230 e. The van der Waals surface area contributed by atoms with Crippen LogP contribution >= 0.6 is 0 Å². The zero-order valence-electron chi connectivity index (χ0n) is 16.5. The Hall–Kier alpha value is -2.70. The highest BCUT2D eigenvalue weighted by Crippen LogP contribution is 2.29. The molecular weight excluding hydrogens is 338 g/mol. The second-order valence-corrected chi connectivity index (χ2v) is 7.74. The van der Waals surface area contributed by atoms with Gasteiger partial charge in [-0.1, -0.05) is 26.0 Å². The molecule has 1 saturated heterocycles. The number of hydrogen-bond donors (Lipinski definition) is 1. The number of para-hydroxylation sites is 2. The van der Waals surface area contributed by atoms with Crippen molar-refractivity contribution in [2.45, 2.75) is 38.5 Å². The standard InChI is InChI=1S/C20H27N7/c1-13(2)17-23-19(26(3)4)25-20(24-17)27-11-9-14(10-12-27)18-21-15-7-5-6-8-16(15)22-18/h5-8,13-14H,9-12H2,1-4H3,(H,21,22). The molecule has 1 N–H and O–H groups in total. The number of nitrogens with one attached hydrogen (secondary N) is 1. The van der Waals surface area contributed by atoms with Crippen LogP contribution in [0.5, 0.6) is 0 Å². The van der Waals surface area contributed by atoms with Gasteiger partial charge in [0.05, 0.1) is 11.0 Å². The van der Waals surface area contributed by atoms with Gasteiger partial charge in [0, 0.05) is 39.0 Å². The summed E-state index contributed by atoms with van der Waals surface area (Å²) in [7, 11) is 3.94. The number of H-pyrrole nitrogens is 1. The highest BCUT2D eigenvalue weighted by molar-refractivity contribution is 5.74. The van der Waals surface area contributed by atoms with Crippen molar-refractivity contribution in [1.82, 2.24) is 24.9 Å². The van der Waals surface area contributed by atoms with Crippen molar-refractivity contribution in [2.75, 3.05) is 37.0 Å². The summed E-state index contributed by atoms with van der Waals surface area (Å²) in [6.45, 7) is 6.09. The molecule has 1 fully saturated rings. The fourth-order valence-electron chi connectivity index (χ4n) is 3.49. The summed E-state index contributed by atoms with van der Waals surface area (Å²) >= 11 is 0. The third kappa shape index (κ3) is 3.59. The number of aromatic amines is 1. The van der Waals surface area contributed by atoms with E-state index in [1.807, 2.05) is 31.1 Å². The summed E-state index contributed by atoms with van der Waals surface area (Å²) < 4.78 is 0. The van der Waals surface area contributed by atoms with Gasteiger partial charge in [-0.05, 0) is 25.0 Å². The number of imidazole rings is 1. The lowest BCUT2D eigenvalue weighted by Gasteiger charge is -2.31. The molecule has 0 saturated carbocycles. The van der Waals surface area contributed by atoms with Gasteiger partial charge in [0.25, 0.3) is 0 Å². The Labute approximate surface area is 159 Å². The monoisotopic (exact) mass is 365 g/mol. The SMILES string of the molecule is CC(C)c1nc(N(C)C)nc(N2CCC(c3nc4ccccc4[nH]3)CC2)n1. The fourth-order valence-corrected chi connectivity index (χ4v) is 3.49. The Balaban J connectivity index is 1.52. The average molecular weight is 365 g/mol. The molecule has 3 heterocycles. The van der Waals surface area contributed by atoms with E-state index < -0.39 is 0 Å². The van der Waals surface area contributed by atoms with Crippen LogP contribution in [0, 0.1) is 0 Å². The van der Waals surface area contributed by atoms with Gasteiger partial charge < -0.3 is 14.8 Å². The number of nitrogens with zero attached hydrogens (tertiary/aromatic N) is 6. The van der Waals surface area contributed by atoms with E-state index in [4.69, 9.17) is 9.97 Å². The summed E-state index contributed by atoms with van der Waals surface area (Å²) in [5.74, 6) is 4.20. The van der Waals surface area contributed by atoms with Crippen molar-refractivity contribution >= 4 is 22.9 Å². The third-order valence-corrected chi connectivity index (χ3v) is 5.12. The summed E-state index contributed by atoms with van der Waals surface area (Å²) in [6, 6.07) is 8.22. The van der Waals surface area contributed by atoms with Gasteiger partial charge in [0.15, 0.2) is 0 Å². The number of fused-ring (bicyclic) bond motifs is 1. The zero-order chi connectivity index (χ0) is 19.0. The zero-order valence-corrected chi connectivity index (χ0v) is 16.5. The fraction of sp³-hybridized carbons (Fsp3) is 0.500. The van der Waals surface area contributed by atoms with Crippen LogP contribution in [-0.2, 0) is 0 Å². The van der Waals surface area contributed by atoms with E-state index in [1.54, 1.807) is 0 Å². The second-order valence-electron chi connectivity index (χ2n) is 7.74. The van der Waals surface area contributed by atoms with Crippen LogP contribution in [0.3, 0.4) is 0 Å². The Morgan fingerprint density at radius 2 is 1.78 bits per heavy atom. The van der Waals surface area contributed by atoms with Crippen molar-refractivity contribution in [2.24, 2.45) is 0 Å². The lowest BCUT2D eigenvalue weighted by atomic mass is 9.96. The predicted molar refractivity (Wildman–Crippen MR) is 109 cm³/mol. The average Bonchev–Trinajstić information content (AvgIpc) is 3.12. The first-order chi connectivity index (χ1) is 13.0. The third-order valence-electron chi connectivity index (χ3n) is 5.12. The topological polar surface area (TPSA) is 73.8 Å². The molecule has 27 heavy (non-hydrogen) atoms. The van der Waals surface area contributed by atoms with Crippen LogP contribution in [0.25, 0.3) is 11.0 Å². The van der Waals surface area contributed by atoms with E-state index in [-0.39, 0.29) is 5.92 Å². The summed E-state index contributed by atoms with van der Waals surface area (Å²) in [4.78, 5) is 26.5. The maximum absolute atomic E-state index is 4.79. The van der Waals surface area contributed by atoms with Gasteiger partial charge in [0.1, 0.15) is 11.6 Å². The van der Waals surface area contributed by atoms with Crippen molar-refractivity contribution < 1.29 is 0 Å². The molecule has 1 aromatic carbocycles. The van der Waals surface area contributed by atoms with Crippen molar-refractivity contribution in [3.63, 3.8) is 0 Å². The maximum atomic E-state index is 4.79. The van der Waals surface area contributed by atoms with Gasteiger partial charge in [-0.15, -0.1) is 0 Å². The lowest BCUT2D eigenvalue weighted by molar-refractivity contribution is 0.483. The number of anilines is 2. The van der Waals surface area contributed by atoms with Crippen molar-refractivity contribution in [3.05, 3.63) is 35.9 Å².